The van der Waals surface area contributed by atoms with Gasteiger partial charge in [0.05, 0.1) is 18.5 Å². The van der Waals surface area contributed by atoms with E-state index in [1.165, 1.54) is 70.9 Å². The fraction of sp³-hybridized carbons (Fsp3) is 1.00. The van der Waals surface area contributed by atoms with E-state index in [1.807, 2.05) is 0 Å². The maximum Gasteiger partial charge on any atom is 0.267 e. The molecule has 0 unspecified atom stereocenters. The summed E-state index contributed by atoms with van der Waals surface area (Å²) in [4.78, 5) is 9.95. The third kappa shape index (κ3) is 21.0. The average molecular weight is 428 g/mol. The summed E-state index contributed by atoms with van der Waals surface area (Å²) >= 11 is 0. The van der Waals surface area contributed by atoms with Crippen molar-refractivity contribution in [1.29, 1.82) is 0 Å². The highest BCUT2D eigenvalue weighted by Crippen LogP contribution is 2.57. The van der Waals surface area contributed by atoms with Crippen LogP contribution in [-0.2, 0) is 13.6 Å². The van der Waals surface area contributed by atoms with E-state index in [9.17, 15) is 9.46 Å². The molecule has 1 fully saturated rings. The molecule has 0 radical (unpaired) electrons. The number of nitrogens with one attached hydrogen (secondary N) is 1. The van der Waals surface area contributed by atoms with E-state index in [0.29, 0.717) is 0 Å². The van der Waals surface area contributed by atoms with E-state index in [1.54, 1.807) is 18.5 Å². The van der Waals surface area contributed by atoms with Crippen molar-refractivity contribution in [2.75, 3.05) is 52.5 Å². The molecule has 7 heteroatoms. The fourth-order valence-electron chi connectivity index (χ4n) is 2.83. The first-order chi connectivity index (χ1) is 12.8. The molecule has 1 saturated heterocycles. The Morgan fingerprint density at radius 1 is 0.852 bits per heavy atom. The van der Waals surface area contributed by atoms with Gasteiger partial charge in [-0.25, -0.2) is 0 Å². The van der Waals surface area contributed by atoms with Gasteiger partial charge in [0.15, 0.2) is 0 Å². The molecule has 0 amide bonds. The number of unbranched alkanes of at least 4 members (excludes halogenated alkanes) is 3. The third-order valence-electron chi connectivity index (χ3n) is 4.81. The van der Waals surface area contributed by atoms with E-state index in [-0.39, 0.29) is 0 Å². The molecule has 0 aromatic rings. The second-order valence-electron chi connectivity index (χ2n) is 7.47. The molecule has 0 aromatic heterocycles. The Balaban J connectivity index is 0. The summed E-state index contributed by atoms with van der Waals surface area (Å²) in [5.41, 5.74) is 0. The summed E-state index contributed by atoms with van der Waals surface area (Å²) in [5, 5.41) is 3.28. The first-order valence-electron chi connectivity index (χ1n) is 10.8. The van der Waals surface area contributed by atoms with Crippen LogP contribution in [0.4, 0.5) is 0 Å². The summed E-state index contributed by atoms with van der Waals surface area (Å²) < 4.78 is 17.7. The van der Waals surface area contributed by atoms with Crippen molar-refractivity contribution < 1.29 is 18.5 Å². The van der Waals surface area contributed by atoms with Crippen LogP contribution in [-0.4, -0.2) is 52.5 Å². The molecule has 1 aliphatic heterocycles. The SMILES string of the molecule is C1CCNCC1.CCCC[P+](C)(CCCC)CCCC.COP(=O)([O-])OC. The highest BCUT2D eigenvalue weighted by Gasteiger charge is 2.28. The van der Waals surface area contributed by atoms with Crippen LogP contribution in [0.3, 0.4) is 0 Å². The summed E-state index contributed by atoms with van der Waals surface area (Å²) in [6, 6.07) is 0. The Morgan fingerprint density at radius 3 is 1.37 bits per heavy atom. The van der Waals surface area contributed by atoms with Crippen LogP contribution < -0.4 is 10.2 Å². The van der Waals surface area contributed by atoms with Crippen molar-refractivity contribution in [1.82, 2.24) is 5.32 Å². The highest BCUT2D eigenvalue weighted by atomic mass is 31.2. The molecule has 0 saturated carbocycles. The molecule has 0 aromatic carbocycles. The van der Waals surface area contributed by atoms with E-state index in [4.69, 9.17) is 0 Å². The molecule has 166 valence electrons. The summed E-state index contributed by atoms with van der Waals surface area (Å²) in [7, 11) is -2.35. The van der Waals surface area contributed by atoms with Crippen LogP contribution in [0.5, 0.6) is 0 Å². The topological polar surface area (TPSA) is 70.6 Å². The van der Waals surface area contributed by atoms with Crippen LogP contribution in [0.25, 0.3) is 0 Å². The second kappa shape index (κ2) is 19.8. The highest BCUT2D eigenvalue weighted by molar-refractivity contribution is 7.75. The molecule has 0 bridgehead atoms. The average Bonchev–Trinajstić information content (AvgIpc) is 2.71. The van der Waals surface area contributed by atoms with Crippen molar-refractivity contribution >= 4 is 15.1 Å². The monoisotopic (exact) mass is 427 g/mol. The first-order valence-corrected chi connectivity index (χ1v) is 15.0. The molecule has 5 nitrogen and oxygen atoms in total. The number of phosphoric acid groups is 1. The van der Waals surface area contributed by atoms with Gasteiger partial charge < -0.3 is 19.3 Å². The number of phosphoric ester groups is 1. The Hall–Kier alpha value is 0.500. The zero-order valence-corrected chi connectivity index (χ0v) is 20.7. The lowest BCUT2D eigenvalue weighted by Crippen LogP contribution is -2.21. The molecule has 0 spiro atoms. The van der Waals surface area contributed by atoms with E-state index in [0.717, 1.165) is 14.2 Å². The molecule has 1 rings (SSSR count). The minimum Gasteiger partial charge on any atom is -0.756 e. The Morgan fingerprint density at radius 2 is 1.22 bits per heavy atom. The van der Waals surface area contributed by atoms with Crippen molar-refractivity contribution in [2.24, 2.45) is 0 Å². The lowest BCUT2D eigenvalue weighted by Gasteiger charge is -2.22. The summed E-state index contributed by atoms with van der Waals surface area (Å²) in [6.07, 6.45) is 17.5. The standard InChI is InChI=1S/C13H30P.C5H11N.C2H7O4P/c1-5-8-11-14(4,12-9-6-2)13-10-7-3;1-2-4-6-5-3-1;1-5-7(3,4)6-2/h5-13H2,1-4H3;6H,1-5H2;1-2H3,(H,3,4)/q+1;;/p-1. The smallest absolute Gasteiger partial charge is 0.267 e. The zero-order valence-electron chi connectivity index (χ0n) is 18.9. The Labute approximate surface area is 170 Å². The summed E-state index contributed by atoms with van der Waals surface area (Å²) in [5.74, 6) is 0. The van der Waals surface area contributed by atoms with Crippen molar-refractivity contribution in [3.63, 3.8) is 0 Å². The van der Waals surface area contributed by atoms with Gasteiger partial charge in [-0.3, -0.25) is 4.57 Å². The minimum atomic E-state index is -3.90. The van der Waals surface area contributed by atoms with Gasteiger partial charge in [0.25, 0.3) is 7.82 Å². The first kappa shape index (κ1) is 29.7. The summed E-state index contributed by atoms with van der Waals surface area (Å²) in [6.45, 7) is 12.1. The molecule has 1 aliphatic rings. The number of hydrogen-bond donors (Lipinski definition) is 1. The second-order valence-corrected chi connectivity index (χ2v) is 13.7. The number of piperidine rings is 1. The van der Waals surface area contributed by atoms with Crippen LogP contribution in [0.1, 0.15) is 78.6 Å². The molecular formula is C20H47NO4P2. The fourth-order valence-corrected chi connectivity index (χ4v) is 6.89. The normalized spacial score (nSPS) is 14.6. The van der Waals surface area contributed by atoms with Crippen LogP contribution >= 0.6 is 15.1 Å². The molecule has 27 heavy (non-hydrogen) atoms. The molecule has 1 heterocycles. The lowest BCUT2D eigenvalue weighted by molar-refractivity contribution is -0.220. The molecular weight excluding hydrogens is 380 g/mol. The van der Waals surface area contributed by atoms with Crippen LogP contribution in [0.2, 0.25) is 0 Å². The van der Waals surface area contributed by atoms with Gasteiger partial charge in [-0.05, 0) is 45.2 Å². The molecule has 0 aliphatic carbocycles. The lowest BCUT2D eigenvalue weighted by atomic mass is 10.2. The predicted molar refractivity (Wildman–Crippen MR) is 121 cm³/mol. The zero-order chi connectivity index (χ0) is 21.0. The quantitative estimate of drug-likeness (QED) is 0.438. The van der Waals surface area contributed by atoms with Gasteiger partial charge in [0.1, 0.15) is 0 Å². The van der Waals surface area contributed by atoms with Gasteiger partial charge >= 0.3 is 0 Å². The maximum atomic E-state index is 9.95. The van der Waals surface area contributed by atoms with Gasteiger partial charge in [-0.1, -0.05) is 46.5 Å². The molecule has 0 atom stereocenters. The Bertz CT molecular complexity index is 312. The van der Waals surface area contributed by atoms with Gasteiger partial charge in [0, 0.05) is 28.1 Å². The predicted octanol–water partition coefficient (Wildman–Crippen LogP) is 5.54. The largest absolute Gasteiger partial charge is 0.756 e. The van der Waals surface area contributed by atoms with Crippen LogP contribution in [0, 0.1) is 0 Å². The van der Waals surface area contributed by atoms with E-state index < -0.39 is 15.1 Å². The van der Waals surface area contributed by atoms with Crippen molar-refractivity contribution in [3.05, 3.63) is 0 Å². The minimum absolute atomic E-state index is 0.519. The van der Waals surface area contributed by atoms with Gasteiger partial charge in [-0.2, -0.15) is 0 Å². The van der Waals surface area contributed by atoms with Gasteiger partial charge in [0.2, 0.25) is 0 Å². The third-order valence-corrected chi connectivity index (χ3v) is 9.89. The van der Waals surface area contributed by atoms with E-state index >= 15 is 0 Å². The maximum absolute atomic E-state index is 9.95. The number of hydrogen-bond acceptors (Lipinski definition) is 5. The number of rotatable bonds is 11. The Kier molecular flexibility index (Phi) is 21.8. The van der Waals surface area contributed by atoms with Crippen LogP contribution in [0.15, 0.2) is 0 Å². The van der Waals surface area contributed by atoms with Gasteiger partial charge in [-0.15, -0.1) is 0 Å². The van der Waals surface area contributed by atoms with Crippen molar-refractivity contribution in [3.8, 4) is 0 Å². The van der Waals surface area contributed by atoms with E-state index in [2.05, 4.69) is 41.8 Å². The molecule has 1 N–H and O–H groups in total. The van der Waals surface area contributed by atoms with Crippen molar-refractivity contribution in [2.45, 2.75) is 78.6 Å².